The number of anilines is 1. The molecule has 2 aromatic heterocycles. The Labute approximate surface area is 172 Å². The molecule has 0 saturated heterocycles. The van der Waals surface area contributed by atoms with Crippen molar-refractivity contribution < 1.29 is 13.5 Å². The molecule has 0 fully saturated rings. The summed E-state index contributed by atoms with van der Waals surface area (Å²) in [6.45, 7) is 4.00. The maximum Gasteiger partial charge on any atom is 0.163 e. The molecule has 0 amide bonds. The minimum atomic E-state index is -0.650. The normalized spacial score (nSPS) is 11.1. The Morgan fingerprint density at radius 3 is 2.50 bits per heavy atom. The van der Waals surface area contributed by atoms with Crippen LogP contribution in [0, 0.1) is 11.6 Å². The number of ether oxygens (including phenoxy) is 1. The molecule has 0 unspecified atom stereocenters. The zero-order valence-electron chi connectivity index (χ0n) is 16.8. The third-order valence-electron chi connectivity index (χ3n) is 4.57. The van der Waals surface area contributed by atoms with Crippen molar-refractivity contribution in [3.63, 3.8) is 0 Å². The number of halogens is 2. The Kier molecular flexibility index (Phi) is 5.27. The summed E-state index contributed by atoms with van der Waals surface area (Å²) >= 11 is 0. The van der Waals surface area contributed by atoms with Crippen molar-refractivity contribution in [3.05, 3.63) is 66.5 Å². The van der Waals surface area contributed by atoms with Crippen molar-refractivity contribution in [1.82, 2.24) is 15.0 Å². The molecule has 0 atom stereocenters. The minimum absolute atomic E-state index is 0.0991. The van der Waals surface area contributed by atoms with Crippen molar-refractivity contribution in [3.8, 4) is 28.3 Å². The third-order valence-corrected chi connectivity index (χ3v) is 4.57. The van der Waals surface area contributed by atoms with E-state index in [1.165, 1.54) is 19.2 Å². The molecule has 0 bridgehead atoms. The molecule has 4 aromatic rings. The molecule has 0 aliphatic heterocycles. The number of fused-ring (bicyclic) bond motifs is 1. The van der Waals surface area contributed by atoms with Gasteiger partial charge in [-0.3, -0.25) is 4.98 Å². The number of rotatable bonds is 5. The number of benzene rings is 2. The van der Waals surface area contributed by atoms with Crippen molar-refractivity contribution in [1.29, 1.82) is 0 Å². The lowest BCUT2D eigenvalue weighted by atomic mass is 10.0. The Balaban J connectivity index is 1.99. The second-order valence-corrected chi connectivity index (χ2v) is 7.14. The molecule has 152 valence electrons. The molecule has 0 aliphatic rings. The van der Waals surface area contributed by atoms with Gasteiger partial charge in [-0.1, -0.05) is 0 Å². The van der Waals surface area contributed by atoms with Gasteiger partial charge in [0.15, 0.2) is 5.82 Å². The quantitative estimate of drug-likeness (QED) is 0.477. The molecule has 4 rings (SSSR count). The number of hydrogen-bond donors (Lipinski definition) is 1. The van der Waals surface area contributed by atoms with Gasteiger partial charge in [0, 0.05) is 41.0 Å². The van der Waals surface area contributed by atoms with Crippen LogP contribution in [0.1, 0.15) is 13.8 Å². The van der Waals surface area contributed by atoms with Crippen LogP contribution in [-0.2, 0) is 0 Å². The smallest absolute Gasteiger partial charge is 0.163 e. The van der Waals surface area contributed by atoms with Gasteiger partial charge in [-0.25, -0.2) is 18.7 Å². The fraction of sp³-hybridized carbons (Fsp3) is 0.174. The zero-order chi connectivity index (χ0) is 21.3. The zero-order valence-corrected chi connectivity index (χ0v) is 16.8. The lowest BCUT2D eigenvalue weighted by molar-refractivity contribution is 0.419. The summed E-state index contributed by atoms with van der Waals surface area (Å²) in [6.07, 6.45) is 3.37. The van der Waals surface area contributed by atoms with E-state index in [9.17, 15) is 8.78 Å². The number of nitrogens with zero attached hydrogens (tertiary/aromatic N) is 3. The molecule has 1 N–H and O–H groups in total. The Bertz CT molecular complexity index is 1210. The first-order chi connectivity index (χ1) is 14.5. The fourth-order valence-corrected chi connectivity index (χ4v) is 3.24. The lowest BCUT2D eigenvalue weighted by Gasteiger charge is -2.16. The Morgan fingerprint density at radius 1 is 1.00 bits per heavy atom. The van der Waals surface area contributed by atoms with Crippen molar-refractivity contribution in [2.45, 2.75) is 19.9 Å². The molecule has 0 radical (unpaired) electrons. The largest absolute Gasteiger partial charge is 0.494 e. The van der Waals surface area contributed by atoms with Gasteiger partial charge < -0.3 is 10.1 Å². The third kappa shape index (κ3) is 3.78. The van der Waals surface area contributed by atoms with E-state index in [-0.39, 0.29) is 11.6 Å². The Morgan fingerprint density at radius 2 is 1.83 bits per heavy atom. The standard InChI is InChI=1S/C23H20F2N4O/c1-13(2)27-23-18-9-15(17-7-6-16(24)11-19(17)25)10-20(30-3)21(18)28-22(29-23)14-5-4-8-26-12-14/h4-13H,1-3H3,(H,27,28,29). The van der Waals surface area contributed by atoms with Crippen LogP contribution in [0.4, 0.5) is 14.6 Å². The van der Waals surface area contributed by atoms with Gasteiger partial charge in [-0.05, 0) is 55.8 Å². The van der Waals surface area contributed by atoms with E-state index >= 15 is 0 Å². The highest BCUT2D eigenvalue weighted by Gasteiger charge is 2.17. The van der Waals surface area contributed by atoms with Crippen LogP contribution in [0.5, 0.6) is 5.75 Å². The molecule has 2 heterocycles. The molecule has 0 aliphatic carbocycles. The topological polar surface area (TPSA) is 59.9 Å². The van der Waals surface area contributed by atoms with Gasteiger partial charge in [0.05, 0.1) is 7.11 Å². The molecule has 7 heteroatoms. The Hall–Kier alpha value is -3.61. The average molecular weight is 406 g/mol. The molecule has 30 heavy (non-hydrogen) atoms. The van der Waals surface area contributed by atoms with Gasteiger partial charge >= 0.3 is 0 Å². The van der Waals surface area contributed by atoms with Crippen molar-refractivity contribution >= 4 is 16.7 Å². The SMILES string of the molecule is COc1cc(-c2ccc(F)cc2F)cc2c(NC(C)C)nc(-c3cccnc3)nc12. The second kappa shape index (κ2) is 8.02. The second-order valence-electron chi connectivity index (χ2n) is 7.14. The molecule has 5 nitrogen and oxygen atoms in total. The number of hydrogen-bond acceptors (Lipinski definition) is 5. The van der Waals surface area contributed by atoms with Crippen molar-refractivity contribution in [2.24, 2.45) is 0 Å². The van der Waals surface area contributed by atoms with Crippen molar-refractivity contribution in [2.75, 3.05) is 12.4 Å². The molecule has 0 spiro atoms. The van der Waals surface area contributed by atoms with Gasteiger partial charge in [0.2, 0.25) is 0 Å². The molecular formula is C23H20F2N4O. The summed E-state index contributed by atoms with van der Waals surface area (Å²) in [6, 6.07) is 10.8. The highest BCUT2D eigenvalue weighted by atomic mass is 19.1. The van der Waals surface area contributed by atoms with Gasteiger partial charge in [-0.15, -0.1) is 0 Å². The minimum Gasteiger partial charge on any atom is -0.494 e. The van der Waals surface area contributed by atoms with Gasteiger partial charge in [0.25, 0.3) is 0 Å². The summed E-state index contributed by atoms with van der Waals surface area (Å²) in [7, 11) is 1.53. The van der Waals surface area contributed by atoms with E-state index in [1.54, 1.807) is 24.5 Å². The summed E-state index contributed by atoms with van der Waals surface area (Å²) in [5.41, 5.74) is 2.16. The predicted molar refractivity (Wildman–Crippen MR) is 113 cm³/mol. The van der Waals surface area contributed by atoms with Crippen LogP contribution < -0.4 is 10.1 Å². The first kappa shape index (κ1) is 19.7. The number of methoxy groups -OCH3 is 1. The molecule has 0 saturated carbocycles. The summed E-state index contributed by atoms with van der Waals surface area (Å²) in [5, 5.41) is 4.01. The summed E-state index contributed by atoms with van der Waals surface area (Å²) < 4.78 is 33.4. The molecule has 2 aromatic carbocycles. The maximum atomic E-state index is 14.4. The van der Waals surface area contributed by atoms with Crippen LogP contribution in [-0.4, -0.2) is 28.1 Å². The first-order valence-corrected chi connectivity index (χ1v) is 9.48. The lowest BCUT2D eigenvalue weighted by Crippen LogP contribution is -2.12. The van der Waals surface area contributed by atoms with Crippen LogP contribution in [0.3, 0.4) is 0 Å². The molecular weight excluding hydrogens is 386 g/mol. The average Bonchev–Trinajstić information content (AvgIpc) is 2.73. The van der Waals surface area contributed by atoms with E-state index < -0.39 is 11.6 Å². The van der Waals surface area contributed by atoms with Crippen LogP contribution in [0.2, 0.25) is 0 Å². The maximum absolute atomic E-state index is 14.4. The highest BCUT2D eigenvalue weighted by molar-refractivity contribution is 5.98. The number of aromatic nitrogens is 3. The van der Waals surface area contributed by atoms with Gasteiger partial charge in [0.1, 0.15) is 28.7 Å². The van der Waals surface area contributed by atoms with Crippen LogP contribution in [0.15, 0.2) is 54.9 Å². The van der Waals surface area contributed by atoms with Gasteiger partial charge in [-0.2, -0.15) is 0 Å². The van der Waals surface area contributed by atoms with Crippen LogP contribution >= 0.6 is 0 Å². The highest BCUT2D eigenvalue weighted by Crippen LogP contribution is 2.36. The monoisotopic (exact) mass is 406 g/mol. The van der Waals surface area contributed by atoms with E-state index in [0.717, 1.165) is 11.6 Å². The van der Waals surface area contributed by atoms with E-state index in [1.807, 2.05) is 26.0 Å². The predicted octanol–water partition coefficient (Wildman–Crippen LogP) is 5.47. The van der Waals surface area contributed by atoms with E-state index in [2.05, 4.69) is 20.3 Å². The van der Waals surface area contributed by atoms with Crippen LogP contribution in [0.25, 0.3) is 33.4 Å². The summed E-state index contributed by atoms with van der Waals surface area (Å²) in [4.78, 5) is 13.5. The first-order valence-electron chi connectivity index (χ1n) is 9.48. The summed E-state index contributed by atoms with van der Waals surface area (Å²) in [5.74, 6) is 0.276. The number of nitrogens with one attached hydrogen (secondary N) is 1. The van der Waals surface area contributed by atoms with E-state index in [0.29, 0.717) is 33.9 Å². The van der Waals surface area contributed by atoms with E-state index in [4.69, 9.17) is 4.74 Å². The fourth-order valence-electron chi connectivity index (χ4n) is 3.24. The number of pyridine rings is 1.